The van der Waals surface area contributed by atoms with Crippen LogP contribution < -0.4 is 0 Å². The van der Waals surface area contributed by atoms with Crippen molar-refractivity contribution in [2.45, 2.75) is 363 Å². The van der Waals surface area contributed by atoms with E-state index in [4.69, 9.17) is 37.0 Å². The molecule has 0 aliphatic heterocycles. The van der Waals surface area contributed by atoms with Crippen LogP contribution in [-0.4, -0.2) is 96.7 Å². The summed E-state index contributed by atoms with van der Waals surface area (Å²) in [5.74, 6) is 0.791. The Balaban J connectivity index is 5.20. The van der Waals surface area contributed by atoms with Gasteiger partial charge in [-0.3, -0.25) is 37.3 Å². The summed E-state index contributed by atoms with van der Waals surface area (Å²) < 4.78 is 68.2. The Morgan fingerprint density at radius 3 is 0.697 bits per heavy atom. The van der Waals surface area contributed by atoms with Crippen LogP contribution in [0.1, 0.15) is 344 Å². The highest BCUT2D eigenvalue weighted by Gasteiger charge is 2.30. The molecule has 0 aromatic rings. The SMILES string of the molecule is CC(C)CCCCCCCCCCCCCCCCCC(=O)O[C@H](COC(=O)CCCCCCCCC(C)C)COP(=O)(O)OCC(O)COP(=O)(O)OC[C@@H](COC(=O)CCCCCCCCCC(C)C)OC(=O)CCCCCCCCCCCC(C)C. The first kappa shape index (κ1) is 87.1. The van der Waals surface area contributed by atoms with E-state index >= 15 is 0 Å². The first-order valence-electron chi connectivity index (χ1n) is 36.2. The van der Waals surface area contributed by atoms with E-state index in [9.17, 15) is 43.2 Å². The van der Waals surface area contributed by atoms with Crippen molar-refractivity contribution in [1.29, 1.82) is 0 Å². The molecule has 528 valence electrons. The minimum Gasteiger partial charge on any atom is -0.462 e. The third-order valence-electron chi connectivity index (χ3n) is 16.1. The largest absolute Gasteiger partial charge is 0.472 e. The molecule has 0 spiro atoms. The van der Waals surface area contributed by atoms with E-state index in [1.807, 2.05) is 0 Å². The van der Waals surface area contributed by atoms with Gasteiger partial charge in [-0.15, -0.1) is 0 Å². The number of carbonyl (C=O) groups is 4. The highest BCUT2D eigenvalue weighted by Crippen LogP contribution is 2.45. The van der Waals surface area contributed by atoms with Crippen LogP contribution in [-0.2, 0) is 65.4 Å². The summed E-state index contributed by atoms with van der Waals surface area (Å²) in [4.78, 5) is 72.4. The quantitative estimate of drug-likeness (QED) is 0.0222. The average Bonchev–Trinajstić information content (AvgIpc) is 3.52. The van der Waals surface area contributed by atoms with Gasteiger partial charge in [0.2, 0.25) is 0 Å². The normalized spacial score (nSPS) is 14.3. The van der Waals surface area contributed by atoms with E-state index in [1.165, 1.54) is 135 Å². The number of rotatable bonds is 67. The van der Waals surface area contributed by atoms with Gasteiger partial charge < -0.3 is 33.8 Å². The number of ether oxygens (including phenoxy) is 4. The van der Waals surface area contributed by atoms with Crippen molar-refractivity contribution in [3.8, 4) is 0 Å². The summed E-state index contributed by atoms with van der Waals surface area (Å²) in [5.41, 5.74) is 0. The summed E-state index contributed by atoms with van der Waals surface area (Å²) in [6, 6.07) is 0. The van der Waals surface area contributed by atoms with Crippen molar-refractivity contribution in [1.82, 2.24) is 0 Å². The molecule has 3 N–H and O–H groups in total. The zero-order valence-electron chi connectivity index (χ0n) is 58.1. The molecule has 0 saturated heterocycles. The Morgan fingerprint density at radius 1 is 0.281 bits per heavy atom. The lowest BCUT2D eigenvalue weighted by Crippen LogP contribution is -2.30. The molecular weight excluding hydrogens is 1170 g/mol. The fourth-order valence-corrected chi connectivity index (χ4v) is 12.1. The van der Waals surface area contributed by atoms with E-state index in [0.717, 1.165) is 115 Å². The lowest BCUT2D eigenvalue weighted by molar-refractivity contribution is -0.161. The van der Waals surface area contributed by atoms with Crippen LogP contribution in [0.3, 0.4) is 0 Å². The summed E-state index contributed by atoms with van der Waals surface area (Å²) >= 11 is 0. The smallest absolute Gasteiger partial charge is 0.462 e. The number of aliphatic hydroxyl groups excluding tert-OH is 1. The van der Waals surface area contributed by atoms with Crippen molar-refractivity contribution in [2.75, 3.05) is 39.6 Å². The number of hydrogen-bond donors (Lipinski definition) is 3. The van der Waals surface area contributed by atoms with Crippen LogP contribution in [0, 0.1) is 23.7 Å². The molecule has 0 aliphatic carbocycles. The molecule has 0 heterocycles. The van der Waals surface area contributed by atoms with Gasteiger partial charge in [-0.05, 0) is 49.4 Å². The number of phosphoric ester groups is 2. The van der Waals surface area contributed by atoms with Crippen LogP contribution in [0.15, 0.2) is 0 Å². The van der Waals surface area contributed by atoms with Crippen molar-refractivity contribution in [3.05, 3.63) is 0 Å². The van der Waals surface area contributed by atoms with Gasteiger partial charge >= 0.3 is 39.5 Å². The second-order valence-corrected chi connectivity index (χ2v) is 30.1. The molecule has 5 atom stereocenters. The van der Waals surface area contributed by atoms with Crippen molar-refractivity contribution >= 4 is 39.5 Å². The average molecular weight is 1310 g/mol. The molecule has 0 saturated carbocycles. The number of aliphatic hydroxyl groups is 1. The number of esters is 4. The maximum atomic E-state index is 13.0. The van der Waals surface area contributed by atoms with Gasteiger partial charge in [0.15, 0.2) is 12.2 Å². The van der Waals surface area contributed by atoms with Gasteiger partial charge in [0, 0.05) is 25.7 Å². The van der Waals surface area contributed by atoms with Gasteiger partial charge in [-0.2, -0.15) is 0 Å². The maximum Gasteiger partial charge on any atom is 0.472 e. The first-order chi connectivity index (χ1) is 42.6. The van der Waals surface area contributed by atoms with Crippen molar-refractivity contribution < 1.29 is 80.2 Å². The van der Waals surface area contributed by atoms with Crippen LogP contribution in [0.25, 0.3) is 0 Å². The number of unbranched alkanes of at least 4 members (excludes halogenated alkanes) is 33. The molecule has 89 heavy (non-hydrogen) atoms. The van der Waals surface area contributed by atoms with E-state index in [0.29, 0.717) is 37.5 Å². The predicted molar refractivity (Wildman–Crippen MR) is 358 cm³/mol. The molecule has 19 heteroatoms. The Labute approximate surface area is 543 Å². The monoisotopic (exact) mass is 1310 g/mol. The molecule has 3 unspecified atom stereocenters. The molecule has 0 bridgehead atoms. The first-order valence-corrected chi connectivity index (χ1v) is 39.2. The van der Waals surface area contributed by atoms with Crippen molar-refractivity contribution in [3.63, 3.8) is 0 Å². The summed E-state index contributed by atoms with van der Waals surface area (Å²) in [5, 5.41) is 10.6. The molecule has 0 aromatic heterocycles. The molecule has 0 aromatic carbocycles. The third kappa shape index (κ3) is 64.6. The van der Waals surface area contributed by atoms with Gasteiger partial charge in [-0.1, -0.05) is 293 Å². The van der Waals surface area contributed by atoms with E-state index in [1.54, 1.807) is 0 Å². The standard InChI is InChI=1S/C70H136O17P2/c1-60(2)46-38-30-22-17-14-12-10-9-11-13-15-19-25-36-44-52-69(74)87-66(57-81-68(73)51-43-35-29-28-33-41-49-63(7)8)59-85-89(78,79)83-55-64(71)54-82-88(76,77)84-58-65(56-80-67(72)50-42-34-27-21-24-32-40-48-62(5)6)86-70(75)53-45-37-26-20-16-18-23-31-39-47-61(3)4/h60-66,71H,9-59H2,1-8H3,(H,76,77)(H,78,79)/t64?,65-,66-/m1/s1. The van der Waals surface area contributed by atoms with Crippen LogP contribution in [0.4, 0.5) is 0 Å². The zero-order valence-corrected chi connectivity index (χ0v) is 59.8. The highest BCUT2D eigenvalue weighted by atomic mass is 31.2. The maximum absolute atomic E-state index is 13.0. The summed E-state index contributed by atoms with van der Waals surface area (Å²) in [6.45, 7) is 14.0. The Hall–Kier alpha value is -1.94. The third-order valence-corrected chi connectivity index (χ3v) is 18.0. The van der Waals surface area contributed by atoms with Crippen molar-refractivity contribution in [2.24, 2.45) is 23.7 Å². The molecular formula is C70H136O17P2. The minimum atomic E-state index is -4.95. The molecule has 17 nitrogen and oxygen atoms in total. The number of hydrogen-bond acceptors (Lipinski definition) is 15. The fraction of sp³-hybridized carbons (Fsp3) is 0.943. The molecule has 0 aliphatic rings. The van der Waals surface area contributed by atoms with Crippen LogP contribution in [0.5, 0.6) is 0 Å². The molecule has 0 radical (unpaired) electrons. The number of phosphoric acid groups is 2. The van der Waals surface area contributed by atoms with Gasteiger partial charge in [0.05, 0.1) is 26.4 Å². The topological polar surface area (TPSA) is 237 Å². The Kier molecular flexibility index (Phi) is 58.5. The fourth-order valence-electron chi connectivity index (χ4n) is 10.5. The molecule has 0 rings (SSSR count). The van der Waals surface area contributed by atoms with E-state index < -0.39 is 97.5 Å². The van der Waals surface area contributed by atoms with Crippen LogP contribution in [0.2, 0.25) is 0 Å². The molecule has 0 fully saturated rings. The summed E-state index contributed by atoms with van der Waals surface area (Å²) in [6.07, 6.45) is 42.0. The molecule has 0 amide bonds. The zero-order chi connectivity index (χ0) is 66.1. The van der Waals surface area contributed by atoms with Crippen LogP contribution >= 0.6 is 15.6 Å². The lowest BCUT2D eigenvalue weighted by atomic mass is 10.0. The second-order valence-electron chi connectivity index (χ2n) is 27.2. The predicted octanol–water partition coefficient (Wildman–Crippen LogP) is 19.7. The second kappa shape index (κ2) is 59.8. The number of carbonyl (C=O) groups excluding carboxylic acids is 4. The van der Waals surface area contributed by atoms with Gasteiger partial charge in [-0.25, -0.2) is 9.13 Å². The lowest BCUT2D eigenvalue weighted by Gasteiger charge is -2.21. The van der Waals surface area contributed by atoms with E-state index in [-0.39, 0.29) is 25.7 Å². The Morgan fingerprint density at radius 2 is 0.472 bits per heavy atom. The summed E-state index contributed by atoms with van der Waals surface area (Å²) in [7, 11) is -9.90. The van der Waals surface area contributed by atoms with Gasteiger partial charge in [0.1, 0.15) is 19.3 Å². The van der Waals surface area contributed by atoms with E-state index in [2.05, 4.69) is 55.4 Å². The minimum absolute atomic E-state index is 0.104. The Bertz CT molecular complexity index is 1760. The van der Waals surface area contributed by atoms with Gasteiger partial charge in [0.25, 0.3) is 0 Å². The highest BCUT2D eigenvalue weighted by molar-refractivity contribution is 7.47.